The van der Waals surface area contributed by atoms with Crippen molar-refractivity contribution in [3.8, 4) is 11.5 Å². The molecule has 2 N–H and O–H groups in total. The van der Waals surface area contributed by atoms with E-state index in [2.05, 4.69) is 4.84 Å². The molecule has 0 radical (unpaired) electrons. The fourth-order valence-electron chi connectivity index (χ4n) is 0.701. The highest BCUT2D eigenvalue weighted by atomic mass is 35.5. The van der Waals surface area contributed by atoms with E-state index in [-0.39, 0.29) is 18.2 Å². The van der Waals surface area contributed by atoms with E-state index in [1.54, 1.807) is 0 Å². The average Bonchev–Trinajstić information content (AvgIpc) is 2.05. The Hall–Kier alpha value is -1.00. The van der Waals surface area contributed by atoms with Gasteiger partial charge in [-0.25, -0.2) is 4.39 Å². The van der Waals surface area contributed by atoms with Crippen LogP contribution in [0.3, 0.4) is 0 Å². The number of hydrogen-bond donors (Lipinski definition) is 1. The third kappa shape index (κ3) is 2.25. The molecule has 0 aliphatic heterocycles. The number of methoxy groups -OCH3 is 1. The summed E-state index contributed by atoms with van der Waals surface area (Å²) in [6.07, 6.45) is 0. The average molecular weight is 194 g/mol. The number of hydrogen-bond acceptors (Lipinski definition) is 3. The van der Waals surface area contributed by atoms with Crippen LogP contribution in [-0.2, 0) is 0 Å². The van der Waals surface area contributed by atoms with Gasteiger partial charge in [0.1, 0.15) is 5.75 Å². The van der Waals surface area contributed by atoms with Crippen molar-refractivity contribution in [2.24, 2.45) is 5.90 Å². The lowest BCUT2D eigenvalue weighted by molar-refractivity contribution is 0.312. The minimum absolute atomic E-state index is 0. The molecule has 0 saturated heterocycles. The van der Waals surface area contributed by atoms with Crippen LogP contribution in [0.25, 0.3) is 0 Å². The summed E-state index contributed by atoms with van der Waals surface area (Å²) in [5.41, 5.74) is 0. The van der Waals surface area contributed by atoms with Gasteiger partial charge in [-0.3, -0.25) is 0 Å². The number of benzene rings is 1. The lowest BCUT2D eigenvalue weighted by Crippen LogP contribution is -2.03. The SMILES string of the molecule is COc1ccc(F)c(ON)c1.Cl. The molecule has 12 heavy (non-hydrogen) atoms. The maximum absolute atomic E-state index is 12.6. The van der Waals surface area contributed by atoms with Crippen LogP contribution in [-0.4, -0.2) is 7.11 Å². The van der Waals surface area contributed by atoms with E-state index in [4.69, 9.17) is 10.6 Å². The molecular formula is C7H9ClFNO2. The predicted octanol–water partition coefficient (Wildman–Crippen LogP) is 1.51. The van der Waals surface area contributed by atoms with E-state index in [1.165, 1.54) is 25.3 Å². The Morgan fingerprint density at radius 2 is 2.08 bits per heavy atom. The first kappa shape index (κ1) is 11.0. The predicted molar refractivity (Wildman–Crippen MR) is 45.0 cm³/mol. The zero-order chi connectivity index (χ0) is 8.27. The molecule has 1 aromatic carbocycles. The van der Waals surface area contributed by atoms with E-state index in [0.717, 1.165) is 0 Å². The normalized spacial score (nSPS) is 8.58. The van der Waals surface area contributed by atoms with Gasteiger partial charge < -0.3 is 9.57 Å². The van der Waals surface area contributed by atoms with Gasteiger partial charge in [0.2, 0.25) is 0 Å². The highest BCUT2D eigenvalue weighted by molar-refractivity contribution is 5.85. The lowest BCUT2D eigenvalue weighted by Gasteiger charge is -2.02. The van der Waals surface area contributed by atoms with Crippen LogP contribution in [0, 0.1) is 5.82 Å². The Morgan fingerprint density at radius 1 is 1.42 bits per heavy atom. The van der Waals surface area contributed by atoms with Crippen LogP contribution in [0.2, 0.25) is 0 Å². The molecule has 0 atom stereocenters. The summed E-state index contributed by atoms with van der Waals surface area (Å²) < 4.78 is 17.5. The van der Waals surface area contributed by atoms with Gasteiger partial charge in [0.25, 0.3) is 0 Å². The molecule has 0 aliphatic carbocycles. The van der Waals surface area contributed by atoms with Crippen LogP contribution in [0.15, 0.2) is 18.2 Å². The van der Waals surface area contributed by atoms with Crippen LogP contribution in [0.4, 0.5) is 4.39 Å². The van der Waals surface area contributed by atoms with Crippen molar-refractivity contribution in [2.75, 3.05) is 7.11 Å². The molecule has 0 unspecified atom stereocenters. The second-order valence-corrected chi connectivity index (χ2v) is 1.91. The third-order valence-corrected chi connectivity index (χ3v) is 1.27. The van der Waals surface area contributed by atoms with E-state index in [1.807, 2.05) is 0 Å². The molecule has 1 rings (SSSR count). The molecule has 3 nitrogen and oxygen atoms in total. The Morgan fingerprint density at radius 3 is 2.58 bits per heavy atom. The number of ether oxygens (including phenoxy) is 1. The van der Waals surface area contributed by atoms with Gasteiger partial charge in [-0.1, -0.05) is 0 Å². The highest BCUT2D eigenvalue weighted by Gasteiger charge is 2.02. The van der Waals surface area contributed by atoms with Crippen molar-refractivity contribution in [2.45, 2.75) is 0 Å². The van der Waals surface area contributed by atoms with Crippen LogP contribution in [0.1, 0.15) is 0 Å². The first-order chi connectivity index (χ1) is 5.27. The van der Waals surface area contributed by atoms with Gasteiger partial charge in [0, 0.05) is 6.07 Å². The minimum atomic E-state index is -0.506. The van der Waals surface area contributed by atoms with Gasteiger partial charge in [0.15, 0.2) is 11.6 Å². The second-order valence-electron chi connectivity index (χ2n) is 1.91. The van der Waals surface area contributed by atoms with Crippen LogP contribution in [0.5, 0.6) is 11.5 Å². The van der Waals surface area contributed by atoms with Gasteiger partial charge in [0.05, 0.1) is 7.11 Å². The fraction of sp³-hybridized carbons (Fsp3) is 0.143. The molecule has 0 saturated carbocycles. The summed E-state index contributed by atoms with van der Waals surface area (Å²) in [5.74, 6) is 4.76. The highest BCUT2D eigenvalue weighted by Crippen LogP contribution is 2.21. The van der Waals surface area contributed by atoms with Gasteiger partial charge >= 0.3 is 0 Å². The van der Waals surface area contributed by atoms with Crippen molar-refractivity contribution in [1.82, 2.24) is 0 Å². The minimum Gasteiger partial charge on any atom is -0.497 e. The molecule has 0 aromatic heterocycles. The van der Waals surface area contributed by atoms with Crippen LogP contribution < -0.4 is 15.5 Å². The Bertz CT molecular complexity index is 257. The van der Waals surface area contributed by atoms with E-state index in [9.17, 15) is 4.39 Å². The maximum Gasteiger partial charge on any atom is 0.186 e. The largest absolute Gasteiger partial charge is 0.497 e. The molecule has 0 fully saturated rings. The van der Waals surface area contributed by atoms with Gasteiger partial charge in [-0.2, -0.15) is 5.90 Å². The number of halogens is 2. The summed E-state index contributed by atoms with van der Waals surface area (Å²) in [6.45, 7) is 0. The van der Waals surface area contributed by atoms with Gasteiger partial charge in [-0.15, -0.1) is 12.4 Å². The van der Waals surface area contributed by atoms with E-state index >= 15 is 0 Å². The summed E-state index contributed by atoms with van der Waals surface area (Å²) in [5, 5.41) is 0. The lowest BCUT2D eigenvalue weighted by atomic mass is 10.3. The summed E-state index contributed by atoms with van der Waals surface area (Å²) in [6, 6.07) is 4.08. The summed E-state index contributed by atoms with van der Waals surface area (Å²) in [7, 11) is 1.48. The monoisotopic (exact) mass is 193 g/mol. The summed E-state index contributed by atoms with van der Waals surface area (Å²) >= 11 is 0. The first-order valence-corrected chi connectivity index (χ1v) is 2.98. The first-order valence-electron chi connectivity index (χ1n) is 2.98. The molecule has 0 bridgehead atoms. The molecule has 0 spiro atoms. The van der Waals surface area contributed by atoms with Crippen molar-refractivity contribution in [3.63, 3.8) is 0 Å². The number of nitrogens with two attached hydrogens (primary N) is 1. The zero-order valence-electron chi connectivity index (χ0n) is 6.41. The maximum atomic E-state index is 12.6. The quantitative estimate of drug-likeness (QED) is 0.725. The zero-order valence-corrected chi connectivity index (χ0v) is 7.23. The Balaban J connectivity index is 0.00000121. The number of rotatable bonds is 2. The Kier molecular flexibility index (Phi) is 4.39. The molecule has 5 heteroatoms. The van der Waals surface area contributed by atoms with Crippen molar-refractivity contribution in [3.05, 3.63) is 24.0 Å². The fourth-order valence-corrected chi connectivity index (χ4v) is 0.701. The van der Waals surface area contributed by atoms with E-state index in [0.29, 0.717) is 5.75 Å². The summed E-state index contributed by atoms with van der Waals surface area (Å²) in [4.78, 5) is 4.23. The van der Waals surface area contributed by atoms with Gasteiger partial charge in [-0.05, 0) is 12.1 Å². The standard InChI is InChI=1S/C7H8FNO2.ClH/c1-10-5-2-3-6(8)7(4-5)11-9;/h2-4H,9H2,1H3;1H. The molecule has 0 amide bonds. The van der Waals surface area contributed by atoms with Crippen molar-refractivity contribution in [1.29, 1.82) is 0 Å². The molecule has 0 heterocycles. The van der Waals surface area contributed by atoms with Crippen LogP contribution >= 0.6 is 12.4 Å². The van der Waals surface area contributed by atoms with Crippen molar-refractivity contribution >= 4 is 12.4 Å². The second kappa shape index (κ2) is 4.79. The molecule has 0 aliphatic rings. The third-order valence-electron chi connectivity index (χ3n) is 1.27. The van der Waals surface area contributed by atoms with E-state index < -0.39 is 5.82 Å². The molecular weight excluding hydrogens is 185 g/mol. The topological polar surface area (TPSA) is 44.5 Å². The molecule has 1 aromatic rings. The van der Waals surface area contributed by atoms with Crippen molar-refractivity contribution < 1.29 is 14.0 Å². The Labute approximate surface area is 75.6 Å². The molecule has 68 valence electrons. The smallest absolute Gasteiger partial charge is 0.186 e.